The van der Waals surface area contributed by atoms with Crippen LogP contribution in [-0.2, 0) is 19.6 Å². The summed E-state index contributed by atoms with van der Waals surface area (Å²) < 4.78 is 47.2. The minimum absolute atomic E-state index is 0.0179. The van der Waals surface area contributed by atoms with Gasteiger partial charge in [0.1, 0.15) is 10.6 Å². The maximum atomic E-state index is 13.0. The Bertz CT molecular complexity index is 1120. The van der Waals surface area contributed by atoms with Crippen molar-refractivity contribution < 1.29 is 37.0 Å². The van der Waals surface area contributed by atoms with Gasteiger partial charge in [-0.05, 0) is 24.6 Å². The summed E-state index contributed by atoms with van der Waals surface area (Å²) in [6, 6.07) is 7.48. The van der Waals surface area contributed by atoms with E-state index in [0.717, 1.165) is 9.87 Å². The summed E-state index contributed by atoms with van der Waals surface area (Å²) >= 11 is 0. The van der Waals surface area contributed by atoms with Gasteiger partial charge in [-0.25, -0.2) is 13.2 Å². The van der Waals surface area contributed by atoms with Gasteiger partial charge < -0.3 is 24.3 Å². The summed E-state index contributed by atoms with van der Waals surface area (Å²) in [6.45, 7) is 1.23. The Hall–Kier alpha value is -3.31. The molecule has 0 heterocycles. The molecular formula is C21H26N2O8S. The maximum Gasteiger partial charge on any atom is 0.340 e. The highest BCUT2D eigenvalue weighted by Crippen LogP contribution is 2.34. The zero-order valence-corrected chi connectivity index (χ0v) is 19.5. The van der Waals surface area contributed by atoms with Gasteiger partial charge in [0.15, 0.2) is 11.5 Å². The molecule has 0 unspecified atom stereocenters. The second kappa shape index (κ2) is 10.3. The number of aryl methyl sites for hydroxylation is 1. The Labute approximate surface area is 187 Å². The van der Waals surface area contributed by atoms with Crippen LogP contribution in [0.2, 0.25) is 0 Å². The number of rotatable bonds is 9. The predicted octanol–water partition coefficient (Wildman–Crippen LogP) is 2.07. The van der Waals surface area contributed by atoms with Gasteiger partial charge in [0, 0.05) is 19.2 Å². The largest absolute Gasteiger partial charge is 0.495 e. The molecule has 2 aromatic carbocycles. The van der Waals surface area contributed by atoms with Crippen molar-refractivity contribution >= 4 is 27.6 Å². The molecule has 0 saturated heterocycles. The van der Waals surface area contributed by atoms with Crippen molar-refractivity contribution in [2.45, 2.75) is 11.8 Å². The van der Waals surface area contributed by atoms with Crippen molar-refractivity contribution in [3.8, 4) is 17.2 Å². The zero-order valence-electron chi connectivity index (χ0n) is 18.7. The molecule has 0 spiro atoms. The average Bonchev–Trinajstić information content (AvgIpc) is 2.77. The topological polar surface area (TPSA) is 120 Å². The third-order valence-electron chi connectivity index (χ3n) is 4.58. The highest BCUT2D eigenvalue weighted by Gasteiger charge is 2.27. The number of anilines is 1. The lowest BCUT2D eigenvalue weighted by atomic mass is 10.1. The van der Waals surface area contributed by atoms with E-state index in [1.807, 2.05) is 0 Å². The molecule has 10 nitrogen and oxygen atoms in total. The number of amides is 1. The highest BCUT2D eigenvalue weighted by atomic mass is 32.2. The number of sulfonamides is 1. The number of ether oxygens (including phenoxy) is 4. The Morgan fingerprint density at radius 1 is 0.938 bits per heavy atom. The van der Waals surface area contributed by atoms with Gasteiger partial charge in [0.2, 0.25) is 15.9 Å². The zero-order chi connectivity index (χ0) is 24.1. The molecule has 2 rings (SSSR count). The molecule has 11 heteroatoms. The third kappa shape index (κ3) is 5.29. The van der Waals surface area contributed by atoms with Crippen LogP contribution in [0, 0.1) is 6.92 Å². The summed E-state index contributed by atoms with van der Waals surface area (Å²) in [5, 5.41) is 2.53. The van der Waals surface area contributed by atoms with E-state index in [9.17, 15) is 18.0 Å². The van der Waals surface area contributed by atoms with E-state index in [4.69, 9.17) is 18.9 Å². The lowest BCUT2D eigenvalue weighted by Crippen LogP contribution is -2.35. The summed E-state index contributed by atoms with van der Waals surface area (Å²) in [5.41, 5.74) is 0.818. The first-order chi connectivity index (χ1) is 15.1. The maximum absolute atomic E-state index is 13.0. The molecule has 0 aromatic heterocycles. The number of nitrogens with zero attached hydrogens (tertiary/aromatic N) is 1. The molecule has 1 N–H and O–H groups in total. The summed E-state index contributed by atoms with van der Waals surface area (Å²) in [6.07, 6.45) is 0. The second-order valence-corrected chi connectivity index (χ2v) is 8.72. The number of hydrogen-bond donors (Lipinski definition) is 1. The van der Waals surface area contributed by atoms with Gasteiger partial charge in [0.25, 0.3) is 0 Å². The molecule has 1 amide bonds. The van der Waals surface area contributed by atoms with Crippen LogP contribution in [-0.4, -0.2) is 66.6 Å². The quantitative estimate of drug-likeness (QED) is 0.558. The fourth-order valence-electron chi connectivity index (χ4n) is 2.89. The molecule has 0 atom stereocenters. The van der Waals surface area contributed by atoms with Crippen LogP contribution in [0.1, 0.15) is 15.9 Å². The van der Waals surface area contributed by atoms with Crippen molar-refractivity contribution in [3.05, 3.63) is 41.5 Å². The molecule has 0 aliphatic rings. The van der Waals surface area contributed by atoms with Crippen molar-refractivity contribution in [3.63, 3.8) is 0 Å². The molecule has 0 aliphatic carbocycles. The number of benzene rings is 2. The minimum Gasteiger partial charge on any atom is -0.495 e. The second-order valence-electron chi connectivity index (χ2n) is 6.71. The number of nitrogens with one attached hydrogen (secondary N) is 1. The van der Waals surface area contributed by atoms with Gasteiger partial charge in [-0.3, -0.25) is 4.79 Å². The van der Waals surface area contributed by atoms with E-state index < -0.39 is 28.4 Å². The Balaban J connectivity index is 2.32. The van der Waals surface area contributed by atoms with Crippen LogP contribution in [0.25, 0.3) is 0 Å². The van der Waals surface area contributed by atoms with E-state index in [1.54, 1.807) is 19.1 Å². The number of carbonyl (C=O) groups is 2. The van der Waals surface area contributed by atoms with Gasteiger partial charge in [0.05, 0.1) is 46.2 Å². The van der Waals surface area contributed by atoms with Gasteiger partial charge in [-0.15, -0.1) is 0 Å². The van der Waals surface area contributed by atoms with Crippen molar-refractivity contribution in [1.29, 1.82) is 0 Å². The Morgan fingerprint density at radius 3 is 2.09 bits per heavy atom. The lowest BCUT2D eigenvalue weighted by molar-refractivity contribution is -0.116. The normalized spacial score (nSPS) is 11.1. The number of esters is 1. The molecule has 0 aliphatic heterocycles. The van der Waals surface area contributed by atoms with Crippen LogP contribution in [0.4, 0.5) is 5.69 Å². The summed E-state index contributed by atoms with van der Waals surface area (Å²) in [7, 11) is 2.59. The average molecular weight is 467 g/mol. The van der Waals surface area contributed by atoms with E-state index in [-0.39, 0.29) is 33.4 Å². The van der Waals surface area contributed by atoms with Gasteiger partial charge >= 0.3 is 5.97 Å². The van der Waals surface area contributed by atoms with E-state index in [2.05, 4.69) is 5.32 Å². The van der Waals surface area contributed by atoms with Crippen LogP contribution in [0.3, 0.4) is 0 Å². The number of methoxy groups -OCH3 is 4. The van der Waals surface area contributed by atoms with Crippen LogP contribution in [0.5, 0.6) is 17.2 Å². The predicted molar refractivity (Wildman–Crippen MR) is 117 cm³/mol. The molecule has 32 heavy (non-hydrogen) atoms. The molecule has 0 bridgehead atoms. The van der Waals surface area contributed by atoms with E-state index in [0.29, 0.717) is 0 Å². The molecule has 0 saturated carbocycles. The first-order valence-corrected chi connectivity index (χ1v) is 10.8. The van der Waals surface area contributed by atoms with Crippen LogP contribution < -0.4 is 19.5 Å². The molecule has 0 fully saturated rings. The Kier molecular flexibility index (Phi) is 8.06. The first-order valence-electron chi connectivity index (χ1n) is 9.34. The molecule has 2 aromatic rings. The number of carbonyl (C=O) groups excluding carboxylic acids is 2. The van der Waals surface area contributed by atoms with Crippen molar-refractivity contribution in [1.82, 2.24) is 4.31 Å². The summed E-state index contributed by atoms with van der Waals surface area (Å²) in [4.78, 5) is 24.8. The van der Waals surface area contributed by atoms with E-state index >= 15 is 0 Å². The van der Waals surface area contributed by atoms with Gasteiger partial charge in [-0.2, -0.15) is 4.31 Å². The molecule has 174 valence electrons. The molecule has 0 radical (unpaired) electrons. The minimum atomic E-state index is -4.04. The highest BCUT2D eigenvalue weighted by molar-refractivity contribution is 7.89. The monoisotopic (exact) mass is 466 g/mol. The third-order valence-corrected chi connectivity index (χ3v) is 6.40. The summed E-state index contributed by atoms with van der Waals surface area (Å²) in [5.74, 6) is -0.708. The molecular weight excluding hydrogens is 440 g/mol. The van der Waals surface area contributed by atoms with Crippen molar-refractivity contribution in [2.24, 2.45) is 0 Å². The fourth-order valence-corrected chi connectivity index (χ4v) is 4.26. The van der Waals surface area contributed by atoms with Crippen LogP contribution in [0.15, 0.2) is 35.2 Å². The number of likely N-dealkylation sites (N-methyl/N-ethyl adjacent to an activating group) is 1. The van der Waals surface area contributed by atoms with Gasteiger partial charge in [-0.1, -0.05) is 6.07 Å². The first kappa shape index (κ1) is 25.0. The lowest BCUT2D eigenvalue weighted by Gasteiger charge is -2.20. The smallest absolute Gasteiger partial charge is 0.340 e. The fraction of sp³-hybridized carbons (Fsp3) is 0.333. The Morgan fingerprint density at radius 2 is 1.53 bits per heavy atom. The SMILES string of the molecule is COC(=O)c1cc(OC)c(OC)cc1NC(=O)CN(C)S(=O)(=O)c1cc(C)ccc1OC. The number of hydrogen-bond acceptors (Lipinski definition) is 8. The standard InChI is InChI=1S/C21H26N2O8S/c1-13-7-8-16(28-3)19(9-13)32(26,27)23(2)12-20(24)22-15-11-18(30-5)17(29-4)10-14(15)21(25)31-6/h7-11H,12H2,1-6H3,(H,22,24). The van der Waals surface area contributed by atoms with E-state index in [1.165, 1.54) is 53.7 Å². The van der Waals surface area contributed by atoms with Crippen LogP contribution >= 0.6 is 0 Å². The van der Waals surface area contributed by atoms with Crippen molar-refractivity contribution in [2.75, 3.05) is 47.3 Å².